The molecule has 0 aromatic carbocycles. The standard InChI is InChI=1S/C10H11F3N2O/c11-10(12,13)9-7(2-1-3-15-9)8-6-14-4-5-16-8/h1-3,8,14H,4-6H2. The van der Waals surface area contributed by atoms with Gasteiger partial charge in [0.1, 0.15) is 5.69 Å². The third-order valence-electron chi connectivity index (χ3n) is 2.38. The number of rotatable bonds is 1. The zero-order valence-electron chi connectivity index (χ0n) is 8.42. The molecular formula is C10H11F3N2O. The SMILES string of the molecule is FC(F)(F)c1ncccc1C1CNCCO1. The van der Waals surface area contributed by atoms with Gasteiger partial charge in [0.25, 0.3) is 0 Å². The second-order valence-electron chi connectivity index (χ2n) is 3.50. The predicted octanol–water partition coefficient (Wildman–Crippen LogP) is 1.76. The molecule has 0 amide bonds. The van der Waals surface area contributed by atoms with E-state index < -0.39 is 18.0 Å². The number of nitrogens with one attached hydrogen (secondary N) is 1. The fraction of sp³-hybridized carbons (Fsp3) is 0.500. The molecule has 1 aromatic heterocycles. The molecule has 1 aliphatic heterocycles. The van der Waals surface area contributed by atoms with Crippen molar-refractivity contribution in [3.05, 3.63) is 29.6 Å². The molecule has 6 heteroatoms. The fourth-order valence-electron chi connectivity index (χ4n) is 1.68. The van der Waals surface area contributed by atoms with Gasteiger partial charge in [-0.3, -0.25) is 4.98 Å². The maximum atomic E-state index is 12.7. The maximum absolute atomic E-state index is 12.7. The normalized spacial score (nSPS) is 22.1. The average Bonchev–Trinajstić information content (AvgIpc) is 2.29. The fourth-order valence-corrected chi connectivity index (χ4v) is 1.68. The van der Waals surface area contributed by atoms with E-state index in [-0.39, 0.29) is 5.56 Å². The van der Waals surface area contributed by atoms with Gasteiger partial charge in [0.15, 0.2) is 0 Å². The molecule has 3 nitrogen and oxygen atoms in total. The quantitative estimate of drug-likeness (QED) is 0.801. The van der Waals surface area contributed by atoms with Crippen LogP contribution >= 0.6 is 0 Å². The van der Waals surface area contributed by atoms with Crippen LogP contribution in [0.4, 0.5) is 13.2 Å². The molecule has 1 aliphatic rings. The molecular weight excluding hydrogens is 221 g/mol. The van der Waals surface area contributed by atoms with Crippen molar-refractivity contribution in [2.24, 2.45) is 0 Å². The zero-order valence-corrected chi connectivity index (χ0v) is 8.42. The molecule has 1 N–H and O–H groups in total. The highest BCUT2D eigenvalue weighted by Gasteiger charge is 2.37. The third kappa shape index (κ3) is 2.33. The lowest BCUT2D eigenvalue weighted by molar-refractivity contribution is -0.143. The number of ether oxygens (including phenoxy) is 1. The first kappa shape index (κ1) is 11.3. The highest BCUT2D eigenvalue weighted by molar-refractivity contribution is 5.25. The van der Waals surface area contributed by atoms with Crippen LogP contribution in [-0.2, 0) is 10.9 Å². The molecule has 0 radical (unpaired) electrons. The average molecular weight is 232 g/mol. The van der Waals surface area contributed by atoms with Crippen LogP contribution in [0.3, 0.4) is 0 Å². The molecule has 0 saturated carbocycles. The van der Waals surface area contributed by atoms with Crippen molar-refractivity contribution in [1.82, 2.24) is 10.3 Å². The highest BCUT2D eigenvalue weighted by atomic mass is 19.4. The third-order valence-corrected chi connectivity index (χ3v) is 2.38. The summed E-state index contributed by atoms with van der Waals surface area (Å²) in [7, 11) is 0. The molecule has 2 heterocycles. The molecule has 1 saturated heterocycles. The van der Waals surface area contributed by atoms with Crippen molar-refractivity contribution >= 4 is 0 Å². The summed E-state index contributed by atoms with van der Waals surface area (Å²) in [5.74, 6) is 0. The molecule has 2 rings (SSSR count). The van der Waals surface area contributed by atoms with Crippen LogP contribution in [0.5, 0.6) is 0 Å². The molecule has 1 fully saturated rings. The van der Waals surface area contributed by atoms with E-state index in [2.05, 4.69) is 10.3 Å². The van der Waals surface area contributed by atoms with E-state index in [4.69, 9.17) is 4.74 Å². The number of nitrogens with zero attached hydrogens (tertiary/aromatic N) is 1. The topological polar surface area (TPSA) is 34.2 Å². The van der Waals surface area contributed by atoms with Crippen molar-refractivity contribution in [3.8, 4) is 0 Å². The smallest absolute Gasteiger partial charge is 0.371 e. The largest absolute Gasteiger partial charge is 0.433 e. The van der Waals surface area contributed by atoms with Gasteiger partial charge in [-0.1, -0.05) is 6.07 Å². The Hall–Kier alpha value is -1.14. The number of alkyl halides is 3. The molecule has 0 bridgehead atoms. The minimum absolute atomic E-state index is 0.0993. The maximum Gasteiger partial charge on any atom is 0.433 e. The van der Waals surface area contributed by atoms with Crippen LogP contribution in [0.25, 0.3) is 0 Å². The number of aromatic nitrogens is 1. The van der Waals surface area contributed by atoms with Crippen LogP contribution in [0.1, 0.15) is 17.4 Å². The van der Waals surface area contributed by atoms with Crippen molar-refractivity contribution in [2.75, 3.05) is 19.7 Å². The second-order valence-corrected chi connectivity index (χ2v) is 3.50. The lowest BCUT2D eigenvalue weighted by Crippen LogP contribution is -2.34. The van der Waals surface area contributed by atoms with E-state index in [0.29, 0.717) is 19.7 Å². The molecule has 1 unspecified atom stereocenters. The summed E-state index contributed by atoms with van der Waals surface area (Å²) >= 11 is 0. The Labute approximate surface area is 90.6 Å². The number of halogens is 3. The van der Waals surface area contributed by atoms with E-state index in [1.165, 1.54) is 12.1 Å². The van der Waals surface area contributed by atoms with E-state index in [0.717, 1.165) is 6.20 Å². The monoisotopic (exact) mass is 232 g/mol. The number of hydrogen-bond donors (Lipinski definition) is 1. The molecule has 16 heavy (non-hydrogen) atoms. The summed E-state index contributed by atoms with van der Waals surface area (Å²) in [6, 6.07) is 2.90. The summed E-state index contributed by atoms with van der Waals surface area (Å²) in [5, 5.41) is 2.99. The van der Waals surface area contributed by atoms with Crippen LogP contribution in [0, 0.1) is 0 Å². The summed E-state index contributed by atoms with van der Waals surface area (Å²) < 4.78 is 43.3. The first-order valence-electron chi connectivity index (χ1n) is 4.93. The van der Waals surface area contributed by atoms with Gasteiger partial charge >= 0.3 is 6.18 Å². The first-order chi connectivity index (χ1) is 7.59. The highest BCUT2D eigenvalue weighted by Crippen LogP contribution is 2.34. The van der Waals surface area contributed by atoms with Crippen molar-refractivity contribution < 1.29 is 17.9 Å². The van der Waals surface area contributed by atoms with Gasteiger partial charge in [0.2, 0.25) is 0 Å². The molecule has 0 spiro atoms. The first-order valence-corrected chi connectivity index (χ1v) is 4.93. The van der Waals surface area contributed by atoms with E-state index in [9.17, 15) is 13.2 Å². The Morgan fingerprint density at radius 1 is 1.44 bits per heavy atom. The second kappa shape index (κ2) is 4.39. The van der Waals surface area contributed by atoms with Gasteiger partial charge in [0.05, 0.1) is 12.7 Å². The lowest BCUT2D eigenvalue weighted by Gasteiger charge is -2.25. The van der Waals surface area contributed by atoms with Gasteiger partial charge in [-0.25, -0.2) is 0 Å². The molecule has 1 aromatic rings. The van der Waals surface area contributed by atoms with Gasteiger partial charge in [-0.05, 0) is 6.07 Å². The molecule has 0 aliphatic carbocycles. The summed E-state index contributed by atoms with van der Waals surface area (Å²) in [5.41, 5.74) is -0.758. The molecule has 88 valence electrons. The van der Waals surface area contributed by atoms with Crippen LogP contribution in [0.2, 0.25) is 0 Å². The number of pyridine rings is 1. The minimum Gasteiger partial charge on any atom is -0.371 e. The van der Waals surface area contributed by atoms with Gasteiger partial charge in [0, 0.05) is 24.8 Å². The van der Waals surface area contributed by atoms with Crippen molar-refractivity contribution in [2.45, 2.75) is 12.3 Å². The van der Waals surface area contributed by atoms with Crippen LogP contribution in [-0.4, -0.2) is 24.7 Å². The summed E-state index contributed by atoms with van der Waals surface area (Å²) in [6.07, 6.45) is -3.86. The van der Waals surface area contributed by atoms with Gasteiger partial charge in [-0.15, -0.1) is 0 Å². The molecule has 1 atom stereocenters. The minimum atomic E-state index is -4.43. The Morgan fingerprint density at radius 2 is 2.25 bits per heavy atom. The Balaban J connectivity index is 2.32. The Morgan fingerprint density at radius 3 is 2.88 bits per heavy atom. The van der Waals surface area contributed by atoms with Crippen molar-refractivity contribution in [1.29, 1.82) is 0 Å². The Bertz CT molecular complexity index is 361. The Kier molecular flexibility index (Phi) is 3.11. The van der Waals surface area contributed by atoms with E-state index in [1.807, 2.05) is 0 Å². The van der Waals surface area contributed by atoms with Crippen molar-refractivity contribution in [3.63, 3.8) is 0 Å². The zero-order chi connectivity index (χ0) is 11.6. The van der Waals surface area contributed by atoms with E-state index >= 15 is 0 Å². The van der Waals surface area contributed by atoms with E-state index in [1.54, 1.807) is 0 Å². The van der Waals surface area contributed by atoms with Crippen LogP contribution < -0.4 is 5.32 Å². The number of morpholine rings is 1. The lowest BCUT2D eigenvalue weighted by atomic mass is 10.1. The predicted molar refractivity (Wildman–Crippen MR) is 50.8 cm³/mol. The number of hydrogen-bond acceptors (Lipinski definition) is 3. The van der Waals surface area contributed by atoms with Crippen LogP contribution in [0.15, 0.2) is 18.3 Å². The summed E-state index contributed by atoms with van der Waals surface area (Å²) in [6.45, 7) is 1.46. The van der Waals surface area contributed by atoms with Gasteiger partial charge in [-0.2, -0.15) is 13.2 Å². The summed E-state index contributed by atoms with van der Waals surface area (Å²) in [4.78, 5) is 3.39. The van der Waals surface area contributed by atoms with Gasteiger partial charge < -0.3 is 10.1 Å².